The van der Waals surface area contributed by atoms with E-state index in [1.807, 2.05) is 18.2 Å². The Labute approximate surface area is 200 Å². The molecule has 0 saturated carbocycles. The summed E-state index contributed by atoms with van der Waals surface area (Å²) in [5.41, 5.74) is -0.0849. The van der Waals surface area contributed by atoms with E-state index in [9.17, 15) is 19.5 Å². The van der Waals surface area contributed by atoms with Gasteiger partial charge in [0.25, 0.3) is 0 Å². The summed E-state index contributed by atoms with van der Waals surface area (Å²) in [7, 11) is 0. The van der Waals surface area contributed by atoms with Crippen LogP contribution in [0, 0.1) is 0 Å². The third-order valence-corrected chi connectivity index (χ3v) is 5.90. The SMILES string of the molecule is C=CC(=O)OCCCCOCC(O)COC(=O)COc1ccc2sc3ccccc3c(=O)c2c1. The van der Waals surface area contributed by atoms with Crippen molar-refractivity contribution >= 4 is 43.4 Å². The molecule has 1 unspecified atom stereocenters. The molecule has 0 aliphatic heterocycles. The van der Waals surface area contributed by atoms with Crippen molar-refractivity contribution < 1.29 is 33.6 Å². The highest BCUT2D eigenvalue weighted by molar-refractivity contribution is 7.24. The van der Waals surface area contributed by atoms with Gasteiger partial charge in [-0.25, -0.2) is 9.59 Å². The molecule has 34 heavy (non-hydrogen) atoms. The molecule has 180 valence electrons. The predicted molar refractivity (Wildman–Crippen MR) is 129 cm³/mol. The van der Waals surface area contributed by atoms with Crippen LogP contribution in [0.1, 0.15) is 12.8 Å². The molecule has 0 fully saturated rings. The lowest BCUT2D eigenvalue weighted by molar-refractivity contribution is -0.150. The number of rotatable bonds is 13. The average Bonchev–Trinajstić information content (AvgIpc) is 2.85. The standard InChI is InChI=1S/C25H26O8S/c1-2-23(27)31-12-6-5-11-30-14-17(26)15-33-24(28)16-32-18-9-10-22-20(13-18)25(29)19-7-3-4-8-21(19)34-22/h2-4,7-10,13,17,26H,1,5-6,11-12,14-16H2. The van der Waals surface area contributed by atoms with Crippen molar-refractivity contribution in [2.75, 3.05) is 33.0 Å². The maximum absolute atomic E-state index is 12.8. The first-order chi connectivity index (χ1) is 16.5. The molecule has 0 aliphatic carbocycles. The number of ether oxygens (including phenoxy) is 4. The molecule has 0 radical (unpaired) electrons. The number of aliphatic hydroxyl groups is 1. The number of aliphatic hydroxyl groups excluding tert-OH is 1. The number of fused-ring (bicyclic) bond motifs is 2. The molecule has 1 aromatic heterocycles. The van der Waals surface area contributed by atoms with Gasteiger partial charge in [0.15, 0.2) is 12.0 Å². The zero-order valence-corrected chi connectivity index (χ0v) is 19.4. The van der Waals surface area contributed by atoms with E-state index in [-0.39, 0.29) is 31.9 Å². The van der Waals surface area contributed by atoms with Gasteiger partial charge in [-0.2, -0.15) is 0 Å². The largest absolute Gasteiger partial charge is 0.482 e. The lowest BCUT2D eigenvalue weighted by atomic mass is 10.2. The molecule has 0 bridgehead atoms. The van der Waals surface area contributed by atoms with Gasteiger partial charge in [0.2, 0.25) is 0 Å². The van der Waals surface area contributed by atoms with Crippen molar-refractivity contribution in [1.82, 2.24) is 0 Å². The maximum Gasteiger partial charge on any atom is 0.344 e. The highest BCUT2D eigenvalue weighted by Crippen LogP contribution is 2.27. The maximum atomic E-state index is 12.8. The molecule has 0 spiro atoms. The smallest absolute Gasteiger partial charge is 0.344 e. The van der Waals surface area contributed by atoms with E-state index in [1.165, 1.54) is 11.3 Å². The van der Waals surface area contributed by atoms with Crippen LogP contribution in [0.3, 0.4) is 0 Å². The summed E-state index contributed by atoms with van der Waals surface area (Å²) in [5, 5.41) is 11.0. The Morgan fingerprint density at radius 2 is 1.76 bits per heavy atom. The van der Waals surface area contributed by atoms with Gasteiger partial charge in [-0.3, -0.25) is 4.79 Å². The zero-order valence-electron chi connectivity index (χ0n) is 18.6. The summed E-state index contributed by atoms with van der Waals surface area (Å²) >= 11 is 1.51. The van der Waals surface area contributed by atoms with E-state index in [4.69, 9.17) is 18.9 Å². The topological polar surface area (TPSA) is 108 Å². The molecular weight excluding hydrogens is 460 g/mol. The van der Waals surface area contributed by atoms with Crippen LogP contribution < -0.4 is 10.2 Å². The molecule has 3 aromatic rings. The van der Waals surface area contributed by atoms with Crippen LogP contribution in [0.25, 0.3) is 20.2 Å². The fourth-order valence-electron chi connectivity index (χ4n) is 3.05. The van der Waals surface area contributed by atoms with Gasteiger partial charge in [0.1, 0.15) is 18.5 Å². The summed E-state index contributed by atoms with van der Waals surface area (Å²) < 4.78 is 22.4. The third-order valence-electron chi connectivity index (χ3n) is 4.74. The number of esters is 2. The van der Waals surface area contributed by atoms with Gasteiger partial charge in [-0.1, -0.05) is 18.7 Å². The summed E-state index contributed by atoms with van der Waals surface area (Å²) in [5.74, 6) is -0.731. The van der Waals surface area contributed by atoms with Crippen molar-refractivity contribution in [3.05, 3.63) is 65.3 Å². The molecule has 8 nitrogen and oxygen atoms in total. The second kappa shape index (κ2) is 12.8. The monoisotopic (exact) mass is 486 g/mol. The molecule has 0 amide bonds. The van der Waals surface area contributed by atoms with Crippen molar-refractivity contribution in [2.24, 2.45) is 0 Å². The zero-order chi connectivity index (χ0) is 24.3. The third kappa shape index (κ3) is 7.38. The minimum Gasteiger partial charge on any atom is -0.482 e. The van der Waals surface area contributed by atoms with Crippen molar-refractivity contribution in [1.29, 1.82) is 0 Å². The second-order valence-corrected chi connectivity index (χ2v) is 8.45. The van der Waals surface area contributed by atoms with Crippen LogP contribution in [0.5, 0.6) is 5.75 Å². The van der Waals surface area contributed by atoms with Crippen LogP contribution in [-0.2, 0) is 23.8 Å². The van der Waals surface area contributed by atoms with E-state index in [0.29, 0.717) is 36.0 Å². The normalized spacial score (nSPS) is 11.8. The van der Waals surface area contributed by atoms with Gasteiger partial charge in [-0.05, 0) is 43.2 Å². The first kappa shape index (κ1) is 25.4. The van der Waals surface area contributed by atoms with Crippen LogP contribution in [-0.4, -0.2) is 56.2 Å². The molecule has 1 atom stereocenters. The first-order valence-corrected chi connectivity index (χ1v) is 11.6. The molecule has 0 aliphatic rings. The highest BCUT2D eigenvalue weighted by Gasteiger charge is 2.11. The van der Waals surface area contributed by atoms with Gasteiger partial charge in [0, 0.05) is 32.9 Å². The fraction of sp³-hybridized carbons (Fsp3) is 0.320. The van der Waals surface area contributed by atoms with E-state index in [1.54, 1.807) is 24.3 Å². The van der Waals surface area contributed by atoms with Crippen LogP contribution in [0.4, 0.5) is 0 Å². The van der Waals surface area contributed by atoms with Crippen molar-refractivity contribution in [3.63, 3.8) is 0 Å². The van der Waals surface area contributed by atoms with Crippen LogP contribution in [0.2, 0.25) is 0 Å². The second-order valence-electron chi connectivity index (χ2n) is 7.36. The molecule has 9 heteroatoms. The number of benzene rings is 2. The molecule has 3 rings (SSSR count). The Kier molecular flexibility index (Phi) is 9.57. The first-order valence-electron chi connectivity index (χ1n) is 10.8. The average molecular weight is 487 g/mol. The molecule has 0 saturated heterocycles. The molecular formula is C25H26O8S. The summed E-state index contributed by atoms with van der Waals surface area (Å²) in [4.78, 5) is 35.6. The van der Waals surface area contributed by atoms with E-state index < -0.39 is 18.0 Å². The van der Waals surface area contributed by atoms with E-state index in [2.05, 4.69) is 6.58 Å². The van der Waals surface area contributed by atoms with E-state index >= 15 is 0 Å². The van der Waals surface area contributed by atoms with Gasteiger partial charge >= 0.3 is 11.9 Å². The Morgan fingerprint density at radius 3 is 2.59 bits per heavy atom. The quantitative estimate of drug-likeness (QED) is 0.170. The number of unbranched alkanes of at least 4 members (excludes halogenated alkanes) is 1. The summed E-state index contributed by atoms with van der Waals surface area (Å²) in [6, 6.07) is 12.5. The lowest BCUT2D eigenvalue weighted by Gasteiger charge is -2.12. The number of hydrogen-bond acceptors (Lipinski definition) is 9. The molecule has 1 N–H and O–H groups in total. The van der Waals surface area contributed by atoms with Gasteiger partial charge < -0.3 is 24.1 Å². The lowest BCUT2D eigenvalue weighted by Crippen LogP contribution is -2.26. The summed E-state index contributed by atoms with van der Waals surface area (Å²) in [6.45, 7) is 3.38. The Hall–Kier alpha value is -3.27. The molecule has 1 heterocycles. The number of hydrogen-bond donors (Lipinski definition) is 1. The number of carbonyl (C=O) groups excluding carboxylic acids is 2. The Morgan fingerprint density at radius 1 is 1.00 bits per heavy atom. The van der Waals surface area contributed by atoms with Crippen LogP contribution in [0.15, 0.2) is 59.9 Å². The summed E-state index contributed by atoms with van der Waals surface area (Å²) in [6.07, 6.45) is 1.41. The van der Waals surface area contributed by atoms with Gasteiger partial charge in [-0.15, -0.1) is 11.3 Å². The van der Waals surface area contributed by atoms with E-state index in [0.717, 1.165) is 15.5 Å². The minimum absolute atomic E-state index is 0.00660. The highest BCUT2D eigenvalue weighted by atomic mass is 32.1. The van der Waals surface area contributed by atoms with Crippen molar-refractivity contribution in [3.8, 4) is 5.75 Å². The Bertz CT molecular complexity index is 1200. The fourth-order valence-corrected chi connectivity index (χ4v) is 4.10. The molecule has 2 aromatic carbocycles. The van der Waals surface area contributed by atoms with Crippen molar-refractivity contribution in [2.45, 2.75) is 18.9 Å². The number of carbonyl (C=O) groups is 2. The minimum atomic E-state index is -0.971. The predicted octanol–water partition coefficient (Wildman–Crippen LogP) is 3.22. The van der Waals surface area contributed by atoms with Crippen LogP contribution >= 0.6 is 11.3 Å². The Balaban J connectivity index is 1.37. The van der Waals surface area contributed by atoms with Gasteiger partial charge in [0.05, 0.1) is 13.2 Å².